The van der Waals surface area contributed by atoms with Crippen LogP contribution in [-0.4, -0.2) is 65.5 Å². The molecule has 1 atom stereocenters. The fourth-order valence-corrected chi connectivity index (χ4v) is 6.86. The van der Waals surface area contributed by atoms with E-state index in [2.05, 4.69) is 33.4 Å². The van der Waals surface area contributed by atoms with Crippen molar-refractivity contribution in [3.8, 4) is 6.07 Å². The van der Waals surface area contributed by atoms with Crippen LogP contribution >= 0.6 is 11.8 Å². The van der Waals surface area contributed by atoms with Crippen molar-refractivity contribution < 1.29 is 13.2 Å². The van der Waals surface area contributed by atoms with E-state index < -0.39 is 20.8 Å². The molecule has 2 aromatic rings. The smallest absolute Gasteiger partial charge is 0.244 e. The summed E-state index contributed by atoms with van der Waals surface area (Å²) in [6, 6.07) is 15.7. The average Bonchev–Trinajstić information content (AvgIpc) is 2.90. The van der Waals surface area contributed by atoms with E-state index in [1.807, 2.05) is 18.2 Å². The van der Waals surface area contributed by atoms with Crippen LogP contribution in [0.2, 0.25) is 0 Å². The van der Waals surface area contributed by atoms with Crippen molar-refractivity contribution in [3.05, 3.63) is 54.2 Å². The second-order valence-corrected chi connectivity index (χ2v) is 12.8. The average molecular weight is 528 g/mol. The van der Waals surface area contributed by atoms with E-state index >= 15 is 0 Å². The monoisotopic (exact) mass is 527 g/mol. The summed E-state index contributed by atoms with van der Waals surface area (Å²) in [7, 11) is -3.63. The predicted octanol–water partition coefficient (Wildman–Crippen LogP) is 3.41. The maximum Gasteiger partial charge on any atom is 0.244 e. The summed E-state index contributed by atoms with van der Waals surface area (Å²) in [6.45, 7) is 4.80. The highest BCUT2D eigenvalue weighted by molar-refractivity contribution is 8.00. The van der Waals surface area contributed by atoms with Crippen molar-refractivity contribution in [3.63, 3.8) is 0 Å². The standard InChI is InChI=1S/C26H33N5O3S2/c1-21(25(32)29-26(20-27)12-6-3-7-13-26)35-24-11-10-23(18-28-24)36(33,34)31-16-14-30(15-17-31)19-22-8-4-2-5-9-22/h2,4-5,8-11,18,21H,3,6-7,12-17,19H2,1H3,(H,29,32)/t21-/m0/s1. The Kier molecular flexibility index (Phi) is 8.67. The zero-order chi connectivity index (χ0) is 25.6. The lowest BCUT2D eigenvalue weighted by Gasteiger charge is -2.34. The number of nitrogens with one attached hydrogen (secondary N) is 1. The van der Waals surface area contributed by atoms with Crippen molar-refractivity contribution >= 4 is 27.7 Å². The molecular formula is C26H33N5O3S2. The van der Waals surface area contributed by atoms with Gasteiger partial charge >= 0.3 is 0 Å². The molecule has 36 heavy (non-hydrogen) atoms. The fraction of sp³-hybridized carbons (Fsp3) is 0.500. The molecule has 1 N–H and O–H groups in total. The highest BCUT2D eigenvalue weighted by Gasteiger charge is 2.35. The SMILES string of the molecule is C[C@H](Sc1ccc(S(=O)(=O)N2CCN(Cc3ccccc3)CC2)cn1)C(=O)NC1(C#N)CCCCC1. The van der Waals surface area contributed by atoms with E-state index in [9.17, 15) is 18.5 Å². The number of thioether (sulfide) groups is 1. The summed E-state index contributed by atoms with van der Waals surface area (Å²) >= 11 is 1.26. The first-order valence-electron chi connectivity index (χ1n) is 12.4. The predicted molar refractivity (Wildman–Crippen MR) is 140 cm³/mol. The number of sulfonamides is 1. The molecule has 1 saturated heterocycles. The van der Waals surface area contributed by atoms with Crippen molar-refractivity contribution in [1.82, 2.24) is 19.5 Å². The van der Waals surface area contributed by atoms with Gasteiger partial charge in [-0.25, -0.2) is 13.4 Å². The Morgan fingerprint density at radius 1 is 1.11 bits per heavy atom. The van der Waals surface area contributed by atoms with Gasteiger partial charge in [-0.3, -0.25) is 9.69 Å². The summed E-state index contributed by atoms with van der Waals surface area (Å²) in [6.07, 6.45) is 5.70. The maximum absolute atomic E-state index is 13.1. The molecule has 1 aliphatic carbocycles. The number of nitriles is 1. The van der Waals surface area contributed by atoms with Gasteiger partial charge in [0, 0.05) is 38.9 Å². The number of nitrogens with zero attached hydrogens (tertiary/aromatic N) is 4. The van der Waals surface area contributed by atoms with Gasteiger partial charge in [-0.05, 0) is 37.5 Å². The first-order chi connectivity index (χ1) is 17.3. The molecule has 1 aromatic carbocycles. The summed E-state index contributed by atoms with van der Waals surface area (Å²) in [5.74, 6) is -0.199. The molecule has 1 aliphatic heterocycles. The van der Waals surface area contributed by atoms with Crippen LogP contribution in [0.5, 0.6) is 0 Å². The van der Waals surface area contributed by atoms with Gasteiger partial charge in [0.15, 0.2) is 0 Å². The minimum atomic E-state index is -3.63. The number of carbonyl (C=O) groups excluding carboxylic acids is 1. The first-order valence-corrected chi connectivity index (χ1v) is 14.8. The first kappa shape index (κ1) is 26.6. The molecule has 8 nitrogen and oxygen atoms in total. The fourth-order valence-electron chi connectivity index (χ4n) is 4.70. The van der Waals surface area contributed by atoms with Crippen LogP contribution in [0.4, 0.5) is 0 Å². The number of rotatable bonds is 8. The summed E-state index contributed by atoms with van der Waals surface area (Å²) in [5.41, 5.74) is 0.441. The van der Waals surface area contributed by atoms with Gasteiger partial charge < -0.3 is 5.32 Å². The lowest BCUT2D eigenvalue weighted by molar-refractivity contribution is -0.121. The third kappa shape index (κ3) is 6.45. The van der Waals surface area contributed by atoms with Crippen LogP contribution in [0.25, 0.3) is 0 Å². The Morgan fingerprint density at radius 3 is 2.42 bits per heavy atom. The molecule has 2 fully saturated rings. The van der Waals surface area contributed by atoms with Gasteiger partial charge in [0.1, 0.15) is 10.4 Å². The normalized spacial score (nSPS) is 19.8. The molecule has 1 amide bonds. The molecule has 0 bridgehead atoms. The zero-order valence-corrected chi connectivity index (χ0v) is 22.2. The molecule has 0 spiro atoms. The Morgan fingerprint density at radius 2 is 1.81 bits per heavy atom. The highest BCUT2D eigenvalue weighted by atomic mass is 32.2. The summed E-state index contributed by atoms with van der Waals surface area (Å²) in [5, 5.41) is 12.7. The van der Waals surface area contributed by atoms with E-state index in [0.29, 0.717) is 44.0 Å². The number of aromatic nitrogens is 1. The van der Waals surface area contributed by atoms with E-state index in [-0.39, 0.29) is 10.8 Å². The number of hydrogen-bond acceptors (Lipinski definition) is 7. The summed E-state index contributed by atoms with van der Waals surface area (Å²) in [4.78, 5) is 19.5. The molecule has 1 aromatic heterocycles. The van der Waals surface area contributed by atoms with Crippen molar-refractivity contribution in [2.24, 2.45) is 0 Å². The van der Waals surface area contributed by atoms with Crippen LogP contribution in [0, 0.1) is 11.3 Å². The Labute approximate surface area is 218 Å². The molecule has 2 aliphatic rings. The second kappa shape index (κ2) is 11.7. The Bertz CT molecular complexity index is 1170. The van der Waals surface area contributed by atoms with Gasteiger partial charge in [-0.1, -0.05) is 61.4 Å². The van der Waals surface area contributed by atoms with Crippen LogP contribution in [0.3, 0.4) is 0 Å². The second-order valence-electron chi connectivity index (χ2n) is 9.50. The van der Waals surface area contributed by atoms with Crippen LogP contribution < -0.4 is 5.32 Å². The van der Waals surface area contributed by atoms with E-state index in [1.165, 1.54) is 27.8 Å². The number of benzene rings is 1. The van der Waals surface area contributed by atoms with Gasteiger partial charge in [0.25, 0.3) is 0 Å². The minimum absolute atomic E-state index is 0.158. The lowest BCUT2D eigenvalue weighted by Crippen LogP contribution is -2.50. The number of pyridine rings is 1. The van der Waals surface area contributed by atoms with Gasteiger partial charge in [-0.2, -0.15) is 9.57 Å². The molecule has 0 unspecified atom stereocenters. The third-order valence-electron chi connectivity index (χ3n) is 6.88. The Balaban J connectivity index is 1.31. The Hall–Kier alpha value is -2.45. The van der Waals surface area contributed by atoms with Gasteiger partial charge in [0.2, 0.25) is 15.9 Å². The van der Waals surface area contributed by atoms with E-state index in [4.69, 9.17) is 0 Å². The largest absolute Gasteiger partial charge is 0.337 e. The van der Waals surface area contributed by atoms with Gasteiger partial charge in [0.05, 0.1) is 16.3 Å². The molecule has 0 radical (unpaired) electrons. The van der Waals surface area contributed by atoms with Crippen molar-refractivity contribution in [1.29, 1.82) is 5.26 Å². The number of amides is 1. The lowest BCUT2D eigenvalue weighted by atomic mass is 9.83. The third-order valence-corrected chi connectivity index (χ3v) is 9.81. The quantitative estimate of drug-likeness (QED) is 0.524. The number of piperazine rings is 1. The van der Waals surface area contributed by atoms with Crippen LogP contribution in [0.1, 0.15) is 44.6 Å². The highest BCUT2D eigenvalue weighted by Crippen LogP contribution is 2.29. The molecule has 192 valence electrons. The van der Waals surface area contributed by atoms with E-state index in [1.54, 1.807) is 19.1 Å². The number of hydrogen-bond donors (Lipinski definition) is 1. The topological polar surface area (TPSA) is 106 Å². The van der Waals surface area contributed by atoms with Crippen LogP contribution in [-0.2, 0) is 21.4 Å². The molecular weight excluding hydrogens is 494 g/mol. The minimum Gasteiger partial charge on any atom is -0.337 e. The van der Waals surface area contributed by atoms with Gasteiger partial charge in [-0.15, -0.1) is 0 Å². The molecule has 10 heteroatoms. The van der Waals surface area contributed by atoms with Crippen molar-refractivity contribution in [2.45, 2.75) is 66.3 Å². The van der Waals surface area contributed by atoms with Crippen molar-refractivity contribution in [2.75, 3.05) is 26.2 Å². The van der Waals surface area contributed by atoms with E-state index in [0.717, 1.165) is 25.8 Å². The maximum atomic E-state index is 13.1. The zero-order valence-electron chi connectivity index (χ0n) is 20.6. The molecule has 2 heterocycles. The summed E-state index contributed by atoms with van der Waals surface area (Å²) < 4.78 is 27.8. The molecule has 1 saturated carbocycles. The molecule has 4 rings (SSSR count). The number of carbonyl (C=O) groups is 1. The van der Waals surface area contributed by atoms with Crippen LogP contribution in [0.15, 0.2) is 58.6 Å².